The van der Waals surface area contributed by atoms with Gasteiger partial charge < -0.3 is 10.2 Å². The first kappa shape index (κ1) is 8.81. The third kappa shape index (κ3) is 1.84. The molecule has 62 valence electrons. The van der Waals surface area contributed by atoms with Crippen molar-refractivity contribution in [2.45, 2.75) is 26.3 Å². The Kier molecular flexibility index (Phi) is 2.73. The first-order chi connectivity index (χ1) is 5.15. The van der Waals surface area contributed by atoms with Gasteiger partial charge in [-0.3, -0.25) is 0 Å². The molecule has 0 aliphatic carbocycles. The lowest BCUT2D eigenvalue weighted by atomic mass is 10.2. The molecule has 1 unspecified atom stereocenters. The second kappa shape index (κ2) is 3.41. The quantitative estimate of drug-likeness (QED) is 0.828. The minimum Gasteiger partial charge on any atom is -0.464 e. The van der Waals surface area contributed by atoms with Crippen molar-refractivity contribution in [3.8, 4) is 0 Å². The first-order valence-electron chi connectivity index (χ1n) is 3.66. The molecule has 0 radical (unpaired) electrons. The van der Waals surface area contributed by atoms with Gasteiger partial charge in [0, 0.05) is 0 Å². The van der Waals surface area contributed by atoms with Crippen LogP contribution in [0.2, 0.25) is 0 Å². The average molecular weight is 218 g/mol. The van der Waals surface area contributed by atoms with Crippen molar-refractivity contribution in [2.24, 2.45) is 5.73 Å². The van der Waals surface area contributed by atoms with Crippen LogP contribution in [0, 0.1) is 6.92 Å². The molecule has 0 saturated carbocycles. The molecule has 3 heteroatoms. The number of aryl methyl sites for hydroxylation is 1. The van der Waals surface area contributed by atoms with Crippen LogP contribution in [-0.4, -0.2) is 0 Å². The van der Waals surface area contributed by atoms with E-state index in [0.717, 1.165) is 22.4 Å². The van der Waals surface area contributed by atoms with Crippen LogP contribution in [0.4, 0.5) is 0 Å². The third-order valence-electron chi connectivity index (χ3n) is 1.68. The second-order valence-electron chi connectivity index (χ2n) is 2.57. The van der Waals surface area contributed by atoms with E-state index < -0.39 is 0 Å². The summed E-state index contributed by atoms with van der Waals surface area (Å²) in [7, 11) is 0. The van der Waals surface area contributed by atoms with Gasteiger partial charge in [-0.1, -0.05) is 6.92 Å². The van der Waals surface area contributed by atoms with Crippen LogP contribution in [0.25, 0.3) is 0 Å². The van der Waals surface area contributed by atoms with E-state index in [1.165, 1.54) is 0 Å². The Bertz CT molecular complexity index is 225. The minimum atomic E-state index is 0.0278. The van der Waals surface area contributed by atoms with E-state index in [-0.39, 0.29) is 6.04 Å². The number of hydrogen-bond acceptors (Lipinski definition) is 2. The molecule has 1 aromatic heterocycles. The zero-order chi connectivity index (χ0) is 8.43. The highest BCUT2D eigenvalue weighted by Gasteiger charge is 2.10. The summed E-state index contributed by atoms with van der Waals surface area (Å²) in [6.07, 6.45) is 0.902. The Morgan fingerprint density at radius 2 is 2.36 bits per heavy atom. The predicted octanol–water partition coefficient (Wildman–Crippen LogP) is 2.76. The van der Waals surface area contributed by atoms with Gasteiger partial charge in [0.1, 0.15) is 11.5 Å². The fourth-order valence-corrected chi connectivity index (χ4v) is 1.17. The lowest BCUT2D eigenvalue weighted by molar-refractivity contribution is 0.440. The molecule has 1 atom stereocenters. The van der Waals surface area contributed by atoms with E-state index in [1.807, 2.05) is 19.9 Å². The molecular weight excluding hydrogens is 206 g/mol. The maximum Gasteiger partial charge on any atom is 0.122 e. The SMILES string of the molecule is CCC(N)c1cc(Br)c(C)o1. The Labute approximate surface area is 74.9 Å². The molecule has 1 aromatic rings. The number of halogens is 1. The summed E-state index contributed by atoms with van der Waals surface area (Å²) in [6, 6.07) is 1.96. The van der Waals surface area contributed by atoms with Gasteiger partial charge in [0.15, 0.2) is 0 Å². The number of hydrogen-bond donors (Lipinski definition) is 1. The Morgan fingerprint density at radius 3 is 2.73 bits per heavy atom. The number of rotatable bonds is 2. The zero-order valence-corrected chi connectivity index (χ0v) is 8.31. The van der Waals surface area contributed by atoms with E-state index in [2.05, 4.69) is 15.9 Å². The van der Waals surface area contributed by atoms with Gasteiger partial charge in [-0.2, -0.15) is 0 Å². The Balaban J connectivity index is 2.88. The van der Waals surface area contributed by atoms with Crippen molar-refractivity contribution in [2.75, 3.05) is 0 Å². The molecule has 0 spiro atoms. The molecule has 0 saturated heterocycles. The van der Waals surface area contributed by atoms with Gasteiger partial charge in [-0.25, -0.2) is 0 Å². The third-order valence-corrected chi connectivity index (χ3v) is 2.47. The predicted molar refractivity (Wildman–Crippen MR) is 48.4 cm³/mol. The fraction of sp³-hybridized carbons (Fsp3) is 0.500. The van der Waals surface area contributed by atoms with Gasteiger partial charge in [0.25, 0.3) is 0 Å². The van der Waals surface area contributed by atoms with Crippen molar-refractivity contribution < 1.29 is 4.42 Å². The number of nitrogens with two attached hydrogens (primary N) is 1. The zero-order valence-electron chi connectivity index (χ0n) is 6.73. The summed E-state index contributed by atoms with van der Waals surface area (Å²) >= 11 is 3.36. The normalized spacial score (nSPS) is 13.5. The Morgan fingerprint density at radius 1 is 1.73 bits per heavy atom. The maximum absolute atomic E-state index is 5.76. The largest absolute Gasteiger partial charge is 0.464 e. The molecular formula is C8H12BrNO. The van der Waals surface area contributed by atoms with Crippen molar-refractivity contribution in [1.29, 1.82) is 0 Å². The highest BCUT2D eigenvalue weighted by molar-refractivity contribution is 9.10. The molecule has 2 N–H and O–H groups in total. The molecule has 1 rings (SSSR count). The van der Waals surface area contributed by atoms with E-state index >= 15 is 0 Å². The summed E-state index contributed by atoms with van der Waals surface area (Å²) in [6.45, 7) is 3.95. The van der Waals surface area contributed by atoms with Crippen LogP contribution < -0.4 is 5.73 Å². The van der Waals surface area contributed by atoms with Crippen molar-refractivity contribution in [3.05, 3.63) is 22.1 Å². The van der Waals surface area contributed by atoms with Crippen molar-refractivity contribution in [3.63, 3.8) is 0 Å². The topological polar surface area (TPSA) is 39.2 Å². The van der Waals surface area contributed by atoms with Crippen LogP contribution in [0.3, 0.4) is 0 Å². The molecule has 0 aromatic carbocycles. The smallest absolute Gasteiger partial charge is 0.122 e. The molecule has 11 heavy (non-hydrogen) atoms. The summed E-state index contributed by atoms with van der Waals surface area (Å²) in [4.78, 5) is 0. The average Bonchev–Trinajstić information content (AvgIpc) is 2.31. The van der Waals surface area contributed by atoms with E-state index in [0.29, 0.717) is 0 Å². The summed E-state index contributed by atoms with van der Waals surface area (Å²) in [5.74, 6) is 1.75. The Hall–Kier alpha value is -0.280. The lowest BCUT2D eigenvalue weighted by Gasteiger charge is -2.02. The van der Waals surface area contributed by atoms with E-state index in [1.54, 1.807) is 0 Å². The monoisotopic (exact) mass is 217 g/mol. The lowest BCUT2D eigenvalue weighted by Crippen LogP contribution is -2.06. The van der Waals surface area contributed by atoms with Crippen LogP contribution in [0.15, 0.2) is 15.0 Å². The molecule has 0 bridgehead atoms. The van der Waals surface area contributed by atoms with Crippen molar-refractivity contribution >= 4 is 15.9 Å². The summed E-state index contributed by atoms with van der Waals surface area (Å²) < 4.78 is 6.39. The van der Waals surface area contributed by atoms with Crippen LogP contribution in [-0.2, 0) is 0 Å². The van der Waals surface area contributed by atoms with Gasteiger partial charge in [0.05, 0.1) is 10.5 Å². The molecule has 0 aliphatic rings. The van der Waals surface area contributed by atoms with E-state index in [4.69, 9.17) is 10.2 Å². The van der Waals surface area contributed by atoms with Crippen LogP contribution >= 0.6 is 15.9 Å². The highest BCUT2D eigenvalue weighted by atomic mass is 79.9. The van der Waals surface area contributed by atoms with Crippen molar-refractivity contribution in [1.82, 2.24) is 0 Å². The summed E-state index contributed by atoms with van der Waals surface area (Å²) in [5.41, 5.74) is 5.76. The van der Waals surface area contributed by atoms with Gasteiger partial charge >= 0.3 is 0 Å². The van der Waals surface area contributed by atoms with Gasteiger partial charge in [-0.15, -0.1) is 0 Å². The van der Waals surface area contributed by atoms with Gasteiger partial charge in [-0.05, 0) is 35.3 Å². The van der Waals surface area contributed by atoms with Crippen LogP contribution in [0.5, 0.6) is 0 Å². The van der Waals surface area contributed by atoms with Gasteiger partial charge in [0.2, 0.25) is 0 Å². The molecule has 2 nitrogen and oxygen atoms in total. The van der Waals surface area contributed by atoms with E-state index in [9.17, 15) is 0 Å². The highest BCUT2D eigenvalue weighted by Crippen LogP contribution is 2.24. The number of furan rings is 1. The molecule has 0 fully saturated rings. The minimum absolute atomic E-state index is 0.0278. The summed E-state index contributed by atoms with van der Waals surface area (Å²) in [5, 5.41) is 0. The first-order valence-corrected chi connectivity index (χ1v) is 4.45. The molecule has 1 heterocycles. The standard InChI is InChI=1S/C8H12BrNO/c1-3-7(10)8-4-6(9)5(2)11-8/h4,7H,3,10H2,1-2H3. The van der Waals surface area contributed by atoms with Crippen LogP contribution in [0.1, 0.15) is 30.9 Å². The molecule has 0 aliphatic heterocycles. The maximum atomic E-state index is 5.76. The molecule has 0 amide bonds. The second-order valence-corrected chi connectivity index (χ2v) is 3.42. The fourth-order valence-electron chi connectivity index (χ4n) is 0.865.